The molecule has 0 unspecified atom stereocenters. The Labute approximate surface area is 169 Å². The first-order valence-electron chi connectivity index (χ1n) is 9.82. The van der Waals surface area contributed by atoms with Crippen LogP contribution in [0.15, 0.2) is 4.79 Å². The van der Waals surface area contributed by atoms with Gasteiger partial charge in [-0.1, -0.05) is 0 Å². The predicted octanol–water partition coefficient (Wildman–Crippen LogP) is 2.26. The van der Waals surface area contributed by atoms with Crippen molar-refractivity contribution in [2.45, 2.75) is 52.1 Å². The van der Waals surface area contributed by atoms with Gasteiger partial charge in [-0.2, -0.15) is 0 Å². The van der Waals surface area contributed by atoms with Crippen molar-refractivity contribution in [1.82, 2.24) is 25.1 Å². The number of aromatic nitrogens is 2. The molecule has 2 aromatic heterocycles. The Morgan fingerprint density at radius 1 is 1.26 bits per heavy atom. The quantitative estimate of drug-likeness (QED) is 0.764. The van der Waals surface area contributed by atoms with Gasteiger partial charge >= 0.3 is 0 Å². The van der Waals surface area contributed by atoms with Gasteiger partial charge in [0.1, 0.15) is 10.7 Å². The van der Waals surface area contributed by atoms with E-state index in [4.69, 9.17) is 17.2 Å². The highest BCUT2D eigenvalue weighted by atomic mass is 32.1. The van der Waals surface area contributed by atoms with E-state index < -0.39 is 0 Å². The van der Waals surface area contributed by atoms with Crippen molar-refractivity contribution in [2.24, 2.45) is 0 Å². The van der Waals surface area contributed by atoms with Crippen molar-refractivity contribution in [1.29, 1.82) is 0 Å². The van der Waals surface area contributed by atoms with E-state index >= 15 is 0 Å². The molecule has 1 fully saturated rings. The van der Waals surface area contributed by atoms with Crippen LogP contribution in [0.3, 0.4) is 0 Å². The summed E-state index contributed by atoms with van der Waals surface area (Å²) in [5, 5.41) is 4.98. The fraction of sp³-hybridized carbons (Fsp3) is 0.632. The summed E-state index contributed by atoms with van der Waals surface area (Å²) in [4.78, 5) is 27.4. The van der Waals surface area contributed by atoms with Crippen LogP contribution >= 0.6 is 23.6 Å². The SMILES string of the molecule is CC(C)NC(=S)N1CCN(Cc2nc3sc4c(c3c(=O)[nH]2)CCCC4)CC1. The van der Waals surface area contributed by atoms with Gasteiger partial charge in [-0.3, -0.25) is 9.69 Å². The molecule has 1 saturated heterocycles. The smallest absolute Gasteiger partial charge is 0.259 e. The summed E-state index contributed by atoms with van der Waals surface area (Å²) in [5.41, 5.74) is 1.29. The fourth-order valence-corrected chi connectivity index (χ4v) is 5.64. The summed E-state index contributed by atoms with van der Waals surface area (Å²) in [6.45, 7) is 8.53. The summed E-state index contributed by atoms with van der Waals surface area (Å²) >= 11 is 7.19. The lowest BCUT2D eigenvalue weighted by atomic mass is 9.97. The maximum absolute atomic E-state index is 12.7. The Morgan fingerprint density at radius 3 is 2.74 bits per heavy atom. The fourth-order valence-electron chi connectivity index (χ4n) is 3.94. The summed E-state index contributed by atoms with van der Waals surface area (Å²) in [7, 11) is 0. The zero-order valence-electron chi connectivity index (χ0n) is 16.0. The van der Waals surface area contributed by atoms with Crippen molar-refractivity contribution in [3.05, 3.63) is 26.6 Å². The molecule has 0 saturated carbocycles. The Balaban J connectivity index is 1.44. The molecule has 8 heteroatoms. The van der Waals surface area contributed by atoms with Crippen LogP contribution in [0.2, 0.25) is 0 Å². The third-order valence-electron chi connectivity index (χ3n) is 5.32. The molecule has 0 bridgehead atoms. The number of nitrogens with one attached hydrogen (secondary N) is 2. The highest BCUT2D eigenvalue weighted by Gasteiger charge is 2.22. The molecule has 4 rings (SSSR count). The highest BCUT2D eigenvalue weighted by Crippen LogP contribution is 2.33. The number of thiophene rings is 1. The van der Waals surface area contributed by atoms with Gasteiger partial charge in [0, 0.05) is 37.1 Å². The van der Waals surface area contributed by atoms with Crippen LogP contribution < -0.4 is 10.9 Å². The minimum absolute atomic E-state index is 0.0374. The van der Waals surface area contributed by atoms with E-state index in [-0.39, 0.29) is 5.56 Å². The maximum Gasteiger partial charge on any atom is 0.259 e. The van der Waals surface area contributed by atoms with Crippen LogP contribution in [0.1, 0.15) is 43.0 Å². The van der Waals surface area contributed by atoms with E-state index in [0.29, 0.717) is 12.6 Å². The largest absolute Gasteiger partial charge is 0.360 e. The van der Waals surface area contributed by atoms with Crippen LogP contribution in [-0.4, -0.2) is 57.1 Å². The molecule has 2 aliphatic rings. The number of hydrogen-bond donors (Lipinski definition) is 2. The topological polar surface area (TPSA) is 64.3 Å². The molecule has 0 atom stereocenters. The molecule has 0 spiro atoms. The number of piperazine rings is 1. The van der Waals surface area contributed by atoms with Gasteiger partial charge in [0.05, 0.1) is 11.9 Å². The molecule has 1 aliphatic heterocycles. The van der Waals surface area contributed by atoms with Crippen molar-refractivity contribution in [3.8, 4) is 0 Å². The Bertz CT molecular complexity index is 895. The van der Waals surface area contributed by atoms with Gasteiger partial charge in [-0.15, -0.1) is 11.3 Å². The van der Waals surface area contributed by atoms with Crippen LogP contribution in [0.4, 0.5) is 0 Å². The van der Waals surface area contributed by atoms with Crippen LogP contribution in [0, 0.1) is 0 Å². The molecule has 0 radical (unpaired) electrons. The first-order chi connectivity index (χ1) is 13.0. The van der Waals surface area contributed by atoms with Crippen molar-refractivity contribution in [2.75, 3.05) is 26.2 Å². The zero-order valence-corrected chi connectivity index (χ0v) is 17.6. The lowest BCUT2D eigenvalue weighted by Gasteiger charge is -2.36. The van der Waals surface area contributed by atoms with Crippen LogP contribution in [-0.2, 0) is 19.4 Å². The number of hydrogen-bond acceptors (Lipinski definition) is 5. The zero-order chi connectivity index (χ0) is 19.0. The molecule has 0 aromatic carbocycles. The van der Waals surface area contributed by atoms with Crippen molar-refractivity contribution in [3.63, 3.8) is 0 Å². The van der Waals surface area contributed by atoms with E-state index in [9.17, 15) is 4.79 Å². The molecule has 0 amide bonds. The molecule has 2 aromatic rings. The summed E-state index contributed by atoms with van der Waals surface area (Å²) in [6.07, 6.45) is 4.52. The van der Waals surface area contributed by atoms with Crippen molar-refractivity contribution < 1.29 is 0 Å². The monoisotopic (exact) mass is 405 g/mol. The van der Waals surface area contributed by atoms with Crippen LogP contribution in [0.25, 0.3) is 10.2 Å². The number of aryl methyl sites for hydroxylation is 2. The molecule has 27 heavy (non-hydrogen) atoms. The second-order valence-corrected chi connectivity index (χ2v) is 9.24. The Kier molecular flexibility index (Phi) is 5.48. The second kappa shape index (κ2) is 7.85. The standard InChI is InChI=1S/C19H27N5OS2/c1-12(2)20-19(26)24-9-7-23(8-10-24)11-15-21-17(25)16-13-5-3-4-6-14(13)27-18(16)22-15/h12H,3-11H2,1-2H3,(H,20,26)(H,21,22,25). The molecular weight excluding hydrogens is 378 g/mol. The van der Waals surface area contributed by atoms with Gasteiger partial charge in [0.2, 0.25) is 0 Å². The third-order valence-corrected chi connectivity index (χ3v) is 6.88. The number of rotatable bonds is 3. The maximum atomic E-state index is 12.7. The minimum Gasteiger partial charge on any atom is -0.360 e. The molecule has 1 aliphatic carbocycles. The minimum atomic E-state index is 0.0374. The van der Waals surface area contributed by atoms with E-state index in [1.165, 1.54) is 23.3 Å². The molecule has 2 N–H and O–H groups in total. The second-order valence-electron chi connectivity index (χ2n) is 7.77. The first kappa shape index (κ1) is 18.8. The number of fused-ring (bicyclic) bond motifs is 3. The summed E-state index contributed by atoms with van der Waals surface area (Å²) in [5.74, 6) is 0.780. The Hall–Kier alpha value is -1.51. The van der Waals surface area contributed by atoms with Crippen LogP contribution in [0.5, 0.6) is 0 Å². The Morgan fingerprint density at radius 2 is 2.00 bits per heavy atom. The predicted molar refractivity (Wildman–Crippen MR) is 115 cm³/mol. The average molecular weight is 406 g/mol. The van der Waals surface area contributed by atoms with E-state index in [0.717, 1.165) is 60.2 Å². The number of H-pyrrole nitrogens is 1. The van der Waals surface area contributed by atoms with Gasteiger partial charge in [0.25, 0.3) is 5.56 Å². The average Bonchev–Trinajstić information content (AvgIpc) is 3.00. The highest BCUT2D eigenvalue weighted by molar-refractivity contribution is 7.80. The molecule has 3 heterocycles. The lowest BCUT2D eigenvalue weighted by molar-refractivity contribution is 0.171. The van der Waals surface area contributed by atoms with Gasteiger partial charge in [-0.05, 0) is 57.3 Å². The number of aromatic amines is 1. The van der Waals surface area contributed by atoms with Crippen molar-refractivity contribution >= 4 is 38.9 Å². The number of nitrogens with zero attached hydrogens (tertiary/aromatic N) is 3. The third kappa shape index (κ3) is 4.02. The summed E-state index contributed by atoms with van der Waals surface area (Å²) in [6, 6.07) is 0.355. The van der Waals surface area contributed by atoms with Gasteiger partial charge < -0.3 is 15.2 Å². The normalized spacial score (nSPS) is 18.1. The summed E-state index contributed by atoms with van der Waals surface area (Å²) < 4.78 is 0. The van der Waals surface area contributed by atoms with Gasteiger partial charge in [0.15, 0.2) is 5.11 Å². The number of thiocarbonyl (C=S) groups is 1. The molecule has 6 nitrogen and oxygen atoms in total. The molecular formula is C19H27N5OS2. The first-order valence-corrected chi connectivity index (χ1v) is 11.0. The van der Waals surface area contributed by atoms with E-state index in [2.05, 4.69) is 33.9 Å². The van der Waals surface area contributed by atoms with Gasteiger partial charge in [-0.25, -0.2) is 4.98 Å². The van der Waals surface area contributed by atoms with E-state index in [1.54, 1.807) is 11.3 Å². The molecule has 146 valence electrons. The lowest BCUT2D eigenvalue weighted by Crippen LogP contribution is -2.52. The van der Waals surface area contributed by atoms with E-state index in [1.807, 2.05) is 0 Å².